The van der Waals surface area contributed by atoms with Crippen molar-refractivity contribution in [1.82, 2.24) is 20.0 Å². The molecule has 0 aromatic carbocycles. The molecule has 0 aromatic heterocycles. The van der Waals surface area contributed by atoms with E-state index in [-0.39, 0.29) is 6.03 Å². The van der Waals surface area contributed by atoms with E-state index in [0.717, 1.165) is 26.1 Å². The van der Waals surface area contributed by atoms with Gasteiger partial charge in [-0.25, -0.2) is 4.79 Å². The molecule has 2 saturated heterocycles. The second-order valence-electron chi connectivity index (χ2n) is 7.57. The number of carbonyl (C=O) groups is 1. The second kappa shape index (κ2) is 9.48. The molecule has 2 aliphatic rings. The average Bonchev–Trinajstić information content (AvgIpc) is 2.54. The van der Waals surface area contributed by atoms with Crippen LogP contribution in [0.5, 0.6) is 0 Å². The first kappa shape index (κ1) is 18.5. The second-order valence-corrected chi connectivity index (χ2v) is 7.57. The highest BCUT2D eigenvalue weighted by Gasteiger charge is 2.25. The number of hydrogen-bond acceptors (Lipinski definition) is 3. The number of likely N-dealkylation sites (N-methyl/N-ethyl adjacent to an activating group) is 1. The Morgan fingerprint density at radius 1 is 1.00 bits per heavy atom. The molecule has 0 saturated carbocycles. The Hall–Kier alpha value is -0.810. The van der Waals surface area contributed by atoms with Crippen molar-refractivity contribution in [2.45, 2.75) is 40.0 Å². The molecule has 2 amide bonds. The molecule has 5 heteroatoms. The predicted molar refractivity (Wildman–Crippen MR) is 95.7 cm³/mol. The molecular formula is C18H36N4O. The fourth-order valence-corrected chi connectivity index (χ4v) is 3.93. The van der Waals surface area contributed by atoms with Crippen LogP contribution in [-0.2, 0) is 0 Å². The van der Waals surface area contributed by atoms with E-state index in [1.54, 1.807) is 0 Å². The van der Waals surface area contributed by atoms with Crippen LogP contribution in [0.4, 0.5) is 4.79 Å². The van der Waals surface area contributed by atoms with Gasteiger partial charge in [-0.1, -0.05) is 20.8 Å². The van der Waals surface area contributed by atoms with Gasteiger partial charge >= 0.3 is 6.03 Å². The molecule has 2 fully saturated rings. The molecule has 2 atom stereocenters. The van der Waals surface area contributed by atoms with Gasteiger partial charge in [-0.15, -0.1) is 0 Å². The number of nitrogens with one attached hydrogen (secondary N) is 1. The average molecular weight is 325 g/mol. The lowest BCUT2D eigenvalue weighted by molar-refractivity contribution is 0.135. The SMILES string of the molecule is CCN1CCN(CCCCNC(=O)N2CC(C)CC(C)C2)CC1. The minimum Gasteiger partial charge on any atom is -0.338 e. The molecule has 0 aliphatic carbocycles. The van der Waals surface area contributed by atoms with Gasteiger partial charge in [-0.05, 0) is 44.2 Å². The van der Waals surface area contributed by atoms with E-state index in [4.69, 9.17) is 0 Å². The molecule has 5 nitrogen and oxygen atoms in total. The highest BCUT2D eigenvalue weighted by atomic mass is 16.2. The summed E-state index contributed by atoms with van der Waals surface area (Å²) in [4.78, 5) is 19.3. The highest BCUT2D eigenvalue weighted by Crippen LogP contribution is 2.20. The number of piperidine rings is 1. The molecule has 2 unspecified atom stereocenters. The molecular weight excluding hydrogens is 288 g/mol. The number of amides is 2. The van der Waals surface area contributed by atoms with Crippen LogP contribution < -0.4 is 5.32 Å². The minimum atomic E-state index is 0.139. The highest BCUT2D eigenvalue weighted by molar-refractivity contribution is 5.74. The number of likely N-dealkylation sites (tertiary alicyclic amines) is 1. The zero-order chi connectivity index (χ0) is 16.7. The van der Waals surface area contributed by atoms with Gasteiger partial charge in [0, 0.05) is 45.8 Å². The van der Waals surface area contributed by atoms with Crippen molar-refractivity contribution in [2.75, 3.05) is 58.9 Å². The fraction of sp³-hybridized carbons (Fsp3) is 0.944. The Bertz CT molecular complexity index is 345. The third-order valence-corrected chi connectivity index (χ3v) is 5.25. The summed E-state index contributed by atoms with van der Waals surface area (Å²) in [5, 5.41) is 3.11. The molecule has 1 N–H and O–H groups in total. The summed E-state index contributed by atoms with van der Waals surface area (Å²) in [6.07, 6.45) is 3.51. The summed E-state index contributed by atoms with van der Waals surface area (Å²) >= 11 is 0. The molecule has 2 aliphatic heterocycles. The van der Waals surface area contributed by atoms with Crippen molar-refractivity contribution in [2.24, 2.45) is 11.8 Å². The number of hydrogen-bond donors (Lipinski definition) is 1. The summed E-state index contributed by atoms with van der Waals surface area (Å²) in [5.74, 6) is 1.26. The fourth-order valence-electron chi connectivity index (χ4n) is 3.93. The number of carbonyl (C=O) groups excluding carboxylic acids is 1. The number of piperazine rings is 1. The van der Waals surface area contributed by atoms with E-state index >= 15 is 0 Å². The van der Waals surface area contributed by atoms with Gasteiger partial charge in [0.2, 0.25) is 0 Å². The molecule has 2 rings (SSSR count). The summed E-state index contributed by atoms with van der Waals surface area (Å²) in [7, 11) is 0. The standard InChI is InChI=1S/C18H36N4O/c1-4-20-9-11-21(12-10-20)8-6-5-7-19-18(23)22-14-16(2)13-17(3)15-22/h16-17H,4-15H2,1-3H3,(H,19,23). The van der Waals surface area contributed by atoms with E-state index in [9.17, 15) is 4.79 Å². The van der Waals surface area contributed by atoms with Crippen LogP contribution in [0, 0.1) is 11.8 Å². The van der Waals surface area contributed by atoms with Gasteiger partial charge in [0.25, 0.3) is 0 Å². The zero-order valence-electron chi connectivity index (χ0n) is 15.4. The topological polar surface area (TPSA) is 38.8 Å². The molecule has 0 radical (unpaired) electrons. The van der Waals surface area contributed by atoms with E-state index in [0.29, 0.717) is 11.8 Å². The van der Waals surface area contributed by atoms with Crippen molar-refractivity contribution in [3.63, 3.8) is 0 Å². The summed E-state index contributed by atoms with van der Waals surface area (Å²) < 4.78 is 0. The number of rotatable bonds is 6. The summed E-state index contributed by atoms with van der Waals surface area (Å²) in [6, 6.07) is 0.139. The first-order valence-corrected chi connectivity index (χ1v) is 9.56. The first-order valence-electron chi connectivity index (χ1n) is 9.56. The molecule has 2 heterocycles. The smallest absolute Gasteiger partial charge is 0.317 e. The molecule has 134 valence electrons. The van der Waals surface area contributed by atoms with Crippen LogP contribution in [0.1, 0.15) is 40.0 Å². The third-order valence-electron chi connectivity index (χ3n) is 5.25. The monoisotopic (exact) mass is 324 g/mol. The Morgan fingerprint density at radius 2 is 1.61 bits per heavy atom. The maximum absolute atomic E-state index is 12.2. The predicted octanol–water partition coefficient (Wildman–Crippen LogP) is 2.09. The van der Waals surface area contributed by atoms with Gasteiger partial charge in [-0.2, -0.15) is 0 Å². The molecule has 0 bridgehead atoms. The van der Waals surface area contributed by atoms with E-state index in [2.05, 4.69) is 35.9 Å². The summed E-state index contributed by atoms with van der Waals surface area (Å²) in [5.41, 5.74) is 0. The van der Waals surface area contributed by atoms with Crippen molar-refractivity contribution in [1.29, 1.82) is 0 Å². The first-order chi connectivity index (χ1) is 11.1. The normalized spacial score (nSPS) is 27.2. The number of urea groups is 1. The maximum Gasteiger partial charge on any atom is 0.317 e. The Labute approximate surface area is 142 Å². The lowest BCUT2D eigenvalue weighted by Crippen LogP contribution is -2.48. The van der Waals surface area contributed by atoms with Crippen LogP contribution in [0.2, 0.25) is 0 Å². The van der Waals surface area contributed by atoms with Crippen LogP contribution in [0.25, 0.3) is 0 Å². The number of nitrogens with zero attached hydrogens (tertiary/aromatic N) is 3. The van der Waals surface area contributed by atoms with E-state index in [1.807, 2.05) is 4.90 Å². The maximum atomic E-state index is 12.2. The van der Waals surface area contributed by atoms with Crippen LogP contribution in [0.3, 0.4) is 0 Å². The quantitative estimate of drug-likeness (QED) is 0.761. The van der Waals surface area contributed by atoms with Crippen LogP contribution in [0.15, 0.2) is 0 Å². The van der Waals surface area contributed by atoms with Crippen molar-refractivity contribution >= 4 is 6.03 Å². The van der Waals surface area contributed by atoms with Gasteiger partial charge in [0.1, 0.15) is 0 Å². The van der Waals surface area contributed by atoms with Crippen molar-refractivity contribution in [3.05, 3.63) is 0 Å². The van der Waals surface area contributed by atoms with E-state index in [1.165, 1.54) is 52.1 Å². The lowest BCUT2D eigenvalue weighted by atomic mass is 9.92. The van der Waals surface area contributed by atoms with Crippen LogP contribution >= 0.6 is 0 Å². The Balaban J connectivity index is 1.52. The zero-order valence-corrected chi connectivity index (χ0v) is 15.4. The van der Waals surface area contributed by atoms with Gasteiger partial charge < -0.3 is 20.0 Å². The van der Waals surface area contributed by atoms with Crippen molar-refractivity contribution < 1.29 is 4.79 Å². The number of unbranched alkanes of at least 4 members (excludes halogenated alkanes) is 1. The van der Waals surface area contributed by atoms with E-state index < -0.39 is 0 Å². The lowest BCUT2D eigenvalue weighted by Gasteiger charge is -2.35. The molecule has 0 spiro atoms. The van der Waals surface area contributed by atoms with Crippen LogP contribution in [-0.4, -0.2) is 79.6 Å². The van der Waals surface area contributed by atoms with Gasteiger partial charge in [-0.3, -0.25) is 0 Å². The Kier molecular flexibility index (Phi) is 7.63. The van der Waals surface area contributed by atoms with Gasteiger partial charge in [0.15, 0.2) is 0 Å². The largest absolute Gasteiger partial charge is 0.338 e. The van der Waals surface area contributed by atoms with Gasteiger partial charge in [0.05, 0.1) is 0 Å². The molecule has 23 heavy (non-hydrogen) atoms. The summed E-state index contributed by atoms with van der Waals surface area (Å²) in [6.45, 7) is 16.5. The third kappa shape index (κ3) is 6.30. The minimum absolute atomic E-state index is 0.139. The molecule has 0 aromatic rings. The van der Waals surface area contributed by atoms with Crippen molar-refractivity contribution in [3.8, 4) is 0 Å². The Morgan fingerprint density at radius 3 is 2.22 bits per heavy atom.